The Morgan fingerprint density at radius 1 is 1.21 bits per heavy atom. The van der Waals surface area contributed by atoms with Crippen molar-refractivity contribution in [1.29, 1.82) is 0 Å². The Kier molecular flexibility index (Phi) is 7.25. The topological polar surface area (TPSA) is 59.4 Å². The van der Waals surface area contributed by atoms with Gasteiger partial charge in [-0.25, -0.2) is 14.2 Å². The number of aromatic nitrogens is 1. The van der Waals surface area contributed by atoms with E-state index in [4.69, 9.17) is 9.84 Å². The monoisotopic (exact) mass is 467 g/mol. The van der Waals surface area contributed by atoms with Gasteiger partial charge in [0.25, 0.3) is 0 Å². The number of carboxylic acids is 1. The second-order valence-corrected chi connectivity index (χ2v) is 9.75. The van der Waals surface area contributed by atoms with E-state index in [2.05, 4.69) is 18.0 Å². The Morgan fingerprint density at radius 3 is 2.61 bits per heavy atom. The van der Waals surface area contributed by atoms with Crippen LogP contribution in [0.5, 0.6) is 0 Å². The van der Waals surface area contributed by atoms with Crippen LogP contribution in [-0.2, 0) is 16.9 Å². The van der Waals surface area contributed by atoms with Gasteiger partial charge in [-0.3, -0.25) is 0 Å². The van der Waals surface area contributed by atoms with Crippen LogP contribution in [0.1, 0.15) is 71.9 Å². The Morgan fingerprint density at radius 2 is 2.00 bits per heavy atom. The summed E-state index contributed by atoms with van der Waals surface area (Å²) in [5, 5.41) is 12.2. The minimum atomic E-state index is -1.26. The number of hydrogen-bond donors (Lipinski definition) is 1. The number of aryl methyl sites for hydroxylation is 1. The van der Waals surface area contributed by atoms with Gasteiger partial charge in [0.2, 0.25) is 0 Å². The molecule has 1 heterocycles. The summed E-state index contributed by atoms with van der Waals surface area (Å²) in [7, 11) is 0. The number of carboxylic acid groups (broad SMARTS) is 1. The molecule has 4 nitrogen and oxygen atoms in total. The molecule has 0 amide bonds. The summed E-state index contributed by atoms with van der Waals surface area (Å²) in [5.74, 6) is -1.52. The Bertz CT molecular complexity index is 1110. The van der Waals surface area contributed by atoms with Crippen LogP contribution in [0.2, 0.25) is 0 Å². The minimum absolute atomic E-state index is 0.317. The molecule has 33 heavy (non-hydrogen) atoms. The number of hydrogen-bond acceptors (Lipinski definition) is 4. The van der Waals surface area contributed by atoms with E-state index in [9.17, 15) is 9.18 Å². The van der Waals surface area contributed by atoms with Crippen molar-refractivity contribution >= 4 is 17.3 Å². The van der Waals surface area contributed by atoms with E-state index in [0.717, 1.165) is 28.1 Å². The van der Waals surface area contributed by atoms with E-state index in [1.165, 1.54) is 44.2 Å². The van der Waals surface area contributed by atoms with Crippen LogP contribution in [0.4, 0.5) is 4.39 Å². The third-order valence-corrected chi connectivity index (χ3v) is 7.81. The van der Waals surface area contributed by atoms with Gasteiger partial charge < -0.3 is 9.84 Å². The lowest BCUT2D eigenvalue weighted by Gasteiger charge is -2.40. The van der Waals surface area contributed by atoms with Crippen molar-refractivity contribution < 1.29 is 19.0 Å². The molecule has 0 spiro atoms. The molecule has 1 atom stereocenters. The molecule has 0 bridgehead atoms. The average molecular weight is 468 g/mol. The van der Waals surface area contributed by atoms with Crippen molar-refractivity contribution in [3.05, 3.63) is 75.5 Å². The highest BCUT2D eigenvalue weighted by Gasteiger charge is 2.42. The van der Waals surface area contributed by atoms with E-state index >= 15 is 0 Å². The van der Waals surface area contributed by atoms with Crippen LogP contribution in [0.3, 0.4) is 0 Å². The maximum absolute atomic E-state index is 14.2. The van der Waals surface area contributed by atoms with Crippen LogP contribution < -0.4 is 0 Å². The summed E-state index contributed by atoms with van der Waals surface area (Å²) in [4.78, 5) is 15.8. The molecule has 4 rings (SSSR count). The van der Waals surface area contributed by atoms with Gasteiger partial charge in [-0.05, 0) is 66.5 Å². The molecule has 0 aliphatic heterocycles. The molecule has 2 aromatic carbocycles. The standard InChI is InChI=1S/C27H30FNO3S/c1-3-27(26-29-13-14-33-26,21-7-5-4-6-8-21)32-17-19-9-11-22(18(2)15-19)20-10-12-23(25(30)31)24(28)16-20/h9-16,21H,3-8,17H2,1-2H3,(H,30,31). The van der Waals surface area contributed by atoms with Crippen molar-refractivity contribution in [2.75, 3.05) is 0 Å². The first-order valence-electron chi connectivity index (χ1n) is 11.6. The molecule has 1 aromatic heterocycles. The summed E-state index contributed by atoms with van der Waals surface area (Å²) in [6, 6.07) is 10.3. The second-order valence-electron chi connectivity index (χ2n) is 8.85. The van der Waals surface area contributed by atoms with Crippen LogP contribution in [0.15, 0.2) is 48.0 Å². The third-order valence-electron chi connectivity index (χ3n) is 6.88. The van der Waals surface area contributed by atoms with Gasteiger partial charge >= 0.3 is 5.97 Å². The first-order valence-corrected chi connectivity index (χ1v) is 12.5. The molecule has 1 N–H and O–H groups in total. The SMILES string of the molecule is CCC(OCc1ccc(-c2ccc(C(=O)O)c(F)c2)c(C)c1)(c1nccs1)C1CCCCC1. The first kappa shape index (κ1) is 23.6. The Hall–Kier alpha value is -2.57. The highest BCUT2D eigenvalue weighted by Crippen LogP contribution is 2.45. The van der Waals surface area contributed by atoms with Gasteiger partial charge in [0.15, 0.2) is 0 Å². The fourth-order valence-corrected chi connectivity index (χ4v) is 6.05. The molecule has 6 heteroatoms. The second kappa shape index (κ2) is 10.1. The van der Waals surface area contributed by atoms with E-state index in [1.807, 2.05) is 30.6 Å². The summed E-state index contributed by atoms with van der Waals surface area (Å²) >= 11 is 1.68. The largest absolute Gasteiger partial charge is 0.478 e. The minimum Gasteiger partial charge on any atom is -0.478 e. The molecule has 1 aliphatic rings. The molecule has 1 fully saturated rings. The molecular weight excluding hydrogens is 437 g/mol. The zero-order valence-corrected chi connectivity index (χ0v) is 20.0. The summed E-state index contributed by atoms with van der Waals surface area (Å²) in [6.07, 6.45) is 8.87. The predicted octanol–water partition coefficient (Wildman–Crippen LogP) is 7.36. The quantitative estimate of drug-likeness (QED) is 0.376. The lowest BCUT2D eigenvalue weighted by Crippen LogP contribution is -2.38. The third kappa shape index (κ3) is 4.87. The molecule has 3 aromatic rings. The molecule has 174 valence electrons. The summed E-state index contributed by atoms with van der Waals surface area (Å²) in [6.45, 7) is 4.66. The number of thiazole rings is 1. The van der Waals surface area contributed by atoms with Gasteiger partial charge in [-0.1, -0.05) is 50.5 Å². The number of carbonyl (C=O) groups is 1. The predicted molar refractivity (Wildman–Crippen MR) is 129 cm³/mol. The summed E-state index contributed by atoms with van der Waals surface area (Å²) < 4.78 is 20.9. The lowest BCUT2D eigenvalue weighted by molar-refractivity contribution is -0.116. The molecule has 1 unspecified atom stereocenters. The van der Waals surface area contributed by atoms with Crippen LogP contribution >= 0.6 is 11.3 Å². The van der Waals surface area contributed by atoms with Gasteiger partial charge in [-0.2, -0.15) is 0 Å². The van der Waals surface area contributed by atoms with E-state index < -0.39 is 11.8 Å². The number of aromatic carboxylic acids is 1. The van der Waals surface area contributed by atoms with Crippen molar-refractivity contribution in [1.82, 2.24) is 4.98 Å². The van der Waals surface area contributed by atoms with Gasteiger partial charge in [0.1, 0.15) is 16.4 Å². The van der Waals surface area contributed by atoms with Gasteiger partial charge in [0.05, 0.1) is 12.2 Å². The van der Waals surface area contributed by atoms with Crippen molar-refractivity contribution in [3.8, 4) is 11.1 Å². The van der Waals surface area contributed by atoms with Crippen molar-refractivity contribution in [2.24, 2.45) is 5.92 Å². The molecule has 0 radical (unpaired) electrons. The number of benzene rings is 2. The highest BCUT2D eigenvalue weighted by molar-refractivity contribution is 7.09. The fraction of sp³-hybridized carbons (Fsp3) is 0.407. The number of nitrogens with zero attached hydrogens (tertiary/aromatic N) is 1. The van der Waals surface area contributed by atoms with Gasteiger partial charge in [0, 0.05) is 11.6 Å². The van der Waals surface area contributed by atoms with Crippen molar-refractivity contribution in [3.63, 3.8) is 0 Å². The van der Waals surface area contributed by atoms with E-state index in [1.54, 1.807) is 17.4 Å². The van der Waals surface area contributed by atoms with Crippen LogP contribution in [-0.4, -0.2) is 16.1 Å². The number of halogens is 1. The lowest BCUT2D eigenvalue weighted by atomic mass is 9.75. The van der Waals surface area contributed by atoms with Crippen molar-refractivity contribution in [2.45, 2.75) is 64.6 Å². The molecular formula is C27H30FNO3S. The Labute approximate surface area is 198 Å². The molecule has 0 saturated heterocycles. The van der Waals surface area contributed by atoms with E-state index in [0.29, 0.717) is 18.1 Å². The molecule has 1 saturated carbocycles. The summed E-state index contributed by atoms with van der Waals surface area (Å²) in [5.41, 5.74) is 2.91. The van der Waals surface area contributed by atoms with Crippen LogP contribution in [0, 0.1) is 18.7 Å². The smallest absolute Gasteiger partial charge is 0.338 e. The zero-order valence-electron chi connectivity index (χ0n) is 19.1. The fourth-order valence-electron chi connectivity index (χ4n) is 5.11. The maximum atomic E-state index is 14.2. The average Bonchev–Trinajstić information content (AvgIpc) is 3.36. The maximum Gasteiger partial charge on any atom is 0.338 e. The normalized spacial score (nSPS) is 16.5. The Balaban J connectivity index is 1.57. The number of rotatable bonds is 8. The molecule has 1 aliphatic carbocycles. The highest BCUT2D eigenvalue weighted by atomic mass is 32.1. The number of ether oxygens (including phenoxy) is 1. The first-order chi connectivity index (χ1) is 15.9. The van der Waals surface area contributed by atoms with E-state index in [-0.39, 0.29) is 11.2 Å². The van der Waals surface area contributed by atoms with Crippen LogP contribution in [0.25, 0.3) is 11.1 Å². The zero-order chi connectivity index (χ0) is 23.4. The van der Waals surface area contributed by atoms with Gasteiger partial charge in [-0.15, -0.1) is 11.3 Å².